The minimum absolute atomic E-state index is 0.0855. The monoisotopic (exact) mass is 537 g/mol. The number of aromatic nitrogens is 2. The number of hydrogen-bond acceptors (Lipinski definition) is 7. The first-order chi connectivity index (χ1) is 17.9. The molecule has 38 heavy (non-hydrogen) atoms. The smallest absolute Gasteiger partial charge is 0.326 e. The van der Waals surface area contributed by atoms with Crippen molar-refractivity contribution in [3.8, 4) is 0 Å². The number of carboxylic acid groups (broad SMARTS) is 1. The number of nitrogens with zero attached hydrogens (tertiary/aromatic N) is 2. The lowest BCUT2D eigenvalue weighted by Gasteiger charge is -2.28. The highest BCUT2D eigenvalue weighted by Crippen LogP contribution is 2.12. The zero-order valence-corrected chi connectivity index (χ0v) is 22.6. The van der Waals surface area contributed by atoms with Crippen molar-refractivity contribution in [1.29, 1.82) is 0 Å². The molecule has 0 saturated heterocycles. The van der Waals surface area contributed by atoms with E-state index in [4.69, 9.17) is 17.2 Å². The van der Waals surface area contributed by atoms with Crippen LogP contribution in [0.15, 0.2) is 17.5 Å². The molecule has 0 aliphatic carbocycles. The minimum Gasteiger partial charge on any atom is -0.480 e. The number of carbonyl (C=O) groups is 4. The van der Waals surface area contributed by atoms with E-state index in [1.165, 1.54) is 12.5 Å². The van der Waals surface area contributed by atoms with E-state index in [0.717, 1.165) is 0 Å². The van der Waals surface area contributed by atoms with Crippen LogP contribution in [0, 0.1) is 11.8 Å². The molecule has 1 heterocycles. The van der Waals surface area contributed by atoms with Crippen LogP contribution in [-0.4, -0.2) is 75.4 Å². The third kappa shape index (κ3) is 10.7. The Labute approximate surface area is 223 Å². The molecule has 0 aliphatic heterocycles. The van der Waals surface area contributed by atoms with Gasteiger partial charge in [-0.15, -0.1) is 0 Å². The number of imidazole rings is 1. The van der Waals surface area contributed by atoms with Crippen LogP contribution in [0.4, 0.5) is 0 Å². The SMILES string of the molecule is CCC(C)C(N)C(=O)NC(Cc1cnc[nH]1)C(=O)NC(C(=O)NC(CCCN=C(N)N)C(=O)O)C(C)CC. The van der Waals surface area contributed by atoms with Crippen molar-refractivity contribution in [3.05, 3.63) is 18.2 Å². The Morgan fingerprint density at radius 2 is 1.63 bits per heavy atom. The molecular weight excluding hydrogens is 494 g/mol. The molecule has 6 atom stereocenters. The number of carboxylic acids is 1. The van der Waals surface area contributed by atoms with Gasteiger partial charge < -0.3 is 43.2 Å². The van der Waals surface area contributed by atoms with Crippen molar-refractivity contribution in [2.24, 2.45) is 34.0 Å². The van der Waals surface area contributed by atoms with E-state index in [-0.39, 0.29) is 37.2 Å². The van der Waals surface area contributed by atoms with Gasteiger partial charge in [0, 0.05) is 24.9 Å². The van der Waals surface area contributed by atoms with Crippen molar-refractivity contribution in [3.63, 3.8) is 0 Å². The summed E-state index contributed by atoms with van der Waals surface area (Å²) in [5, 5.41) is 17.5. The summed E-state index contributed by atoms with van der Waals surface area (Å²) >= 11 is 0. The number of guanidine groups is 1. The maximum atomic E-state index is 13.4. The average molecular weight is 538 g/mol. The molecule has 0 bridgehead atoms. The molecule has 1 rings (SSSR count). The lowest BCUT2D eigenvalue weighted by Crippen LogP contribution is -2.59. The summed E-state index contributed by atoms with van der Waals surface area (Å²) in [5.74, 6) is -3.52. The zero-order valence-electron chi connectivity index (χ0n) is 22.6. The predicted octanol–water partition coefficient (Wildman–Crippen LogP) is -1.04. The summed E-state index contributed by atoms with van der Waals surface area (Å²) in [6.45, 7) is 7.57. The first-order valence-electron chi connectivity index (χ1n) is 12.8. The summed E-state index contributed by atoms with van der Waals surface area (Å²) in [6.07, 6.45) is 4.68. The van der Waals surface area contributed by atoms with Crippen LogP contribution in [0.1, 0.15) is 59.1 Å². The summed E-state index contributed by atoms with van der Waals surface area (Å²) < 4.78 is 0. The fourth-order valence-electron chi connectivity index (χ4n) is 3.58. The molecule has 14 nitrogen and oxygen atoms in total. The molecule has 214 valence electrons. The van der Waals surface area contributed by atoms with Crippen LogP contribution in [-0.2, 0) is 25.6 Å². The Kier molecular flexibility index (Phi) is 13.8. The summed E-state index contributed by atoms with van der Waals surface area (Å²) in [5.41, 5.74) is 17.2. The first kappa shape index (κ1) is 32.3. The Morgan fingerprint density at radius 3 is 2.16 bits per heavy atom. The maximum Gasteiger partial charge on any atom is 0.326 e. The molecule has 0 aliphatic rings. The molecule has 0 radical (unpaired) electrons. The molecule has 0 aromatic carbocycles. The molecule has 1 aromatic rings. The van der Waals surface area contributed by atoms with Crippen molar-refractivity contribution in [2.75, 3.05) is 6.54 Å². The fraction of sp³-hybridized carbons (Fsp3) is 0.667. The van der Waals surface area contributed by atoms with Gasteiger partial charge in [-0.2, -0.15) is 0 Å². The van der Waals surface area contributed by atoms with Crippen LogP contribution in [0.5, 0.6) is 0 Å². The van der Waals surface area contributed by atoms with Crippen molar-refractivity contribution in [2.45, 2.75) is 84.0 Å². The second kappa shape index (κ2) is 16.2. The molecule has 11 N–H and O–H groups in total. The van der Waals surface area contributed by atoms with Crippen molar-refractivity contribution >= 4 is 29.7 Å². The van der Waals surface area contributed by atoms with Gasteiger partial charge in [-0.05, 0) is 24.7 Å². The van der Waals surface area contributed by atoms with Crippen LogP contribution < -0.4 is 33.2 Å². The van der Waals surface area contributed by atoms with Crippen LogP contribution >= 0.6 is 0 Å². The quantitative estimate of drug-likeness (QED) is 0.0686. The van der Waals surface area contributed by atoms with Gasteiger partial charge in [0.1, 0.15) is 18.1 Å². The van der Waals surface area contributed by atoms with Crippen LogP contribution in [0.25, 0.3) is 0 Å². The fourth-order valence-corrected chi connectivity index (χ4v) is 3.58. The van der Waals surface area contributed by atoms with Gasteiger partial charge >= 0.3 is 5.97 Å². The molecule has 6 unspecified atom stereocenters. The molecular formula is C24H43N9O5. The second-order valence-electron chi connectivity index (χ2n) is 9.47. The zero-order chi connectivity index (χ0) is 28.8. The summed E-state index contributed by atoms with van der Waals surface area (Å²) in [7, 11) is 0. The van der Waals surface area contributed by atoms with E-state index in [1.807, 2.05) is 20.8 Å². The number of nitrogens with two attached hydrogens (primary N) is 3. The van der Waals surface area contributed by atoms with Crippen molar-refractivity contribution in [1.82, 2.24) is 25.9 Å². The van der Waals surface area contributed by atoms with E-state index in [2.05, 4.69) is 30.9 Å². The third-order valence-electron chi connectivity index (χ3n) is 6.52. The van der Waals surface area contributed by atoms with E-state index in [0.29, 0.717) is 25.0 Å². The Morgan fingerprint density at radius 1 is 1.00 bits per heavy atom. The molecule has 0 saturated carbocycles. The predicted molar refractivity (Wildman–Crippen MR) is 143 cm³/mol. The first-order valence-corrected chi connectivity index (χ1v) is 12.8. The maximum absolute atomic E-state index is 13.4. The topological polar surface area (TPSA) is 244 Å². The van der Waals surface area contributed by atoms with Crippen molar-refractivity contribution < 1.29 is 24.3 Å². The summed E-state index contributed by atoms with van der Waals surface area (Å²) in [6, 6.07) is -4.11. The van der Waals surface area contributed by atoms with Gasteiger partial charge in [-0.3, -0.25) is 19.4 Å². The Hall–Kier alpha value is -3.68. The Bertz CT molecular complexity index is 934. The molecule has 14 heteroatoms. The largest absolute Gasteiger partial charge is 0.480 e. The minimum atomic E-state index is -1.22. The second-order valence-corrected chi connectivity index (χ2v) is 9.47. The lowest BCUT2D eigenvalue weighted by molar-refractivity contribution is -0.143. The van der Waals surface area contributed by atoms with Gasteiger partial charge in [0.15, 0.2) is 5.96 Å². The lowest BCUT2D eigenvalue weighted by atomic mass is 9.96. The molecule has 1 aromatic heterocycles. The van der Waals surface area contributed by atoms with E-state index < -0.39 is 47.9 Å². The van der Waals surface area contributed by atoms with E-state index in [9.17, 15) is 24.3 Å². The highest BCUT2D eigenvalue weighted by molar-refractivity contribution is 5.94. The number of rotatable bonds is 17. The normalized spacial score (nSPS) is 15.7. The number of H-pyrrole nitrogens is 1. The van der Waals surface area contributed by atoms with Gasteiger partial charge in [-0.1, -0.05) is 40.5 Å². The van der Waals surface area contributed by atoms with E-state index in [1.54, 1.807) is 6.92 Å². The third-order valence-corrected chi connectivity index (χ3v) is 6.52. The molecule has 3 amide bonds. The highest BCUT2D eigenvalue weighted by atomic mass is 16.4. The summed E-state index contributed by atoms with van der Waals surface area (Å²) in [4.78, 5) is 61.7. The van der Waals surface area contributed by atoms with Crippen LogP contribution in [0.3, 0.4) is 0 Å². The Balaban J connectivity index is 3.05. The van der Waals surface area contributed by atoms with Gasteiger partial charge in [0.25, 0.3) is 0 Å². The number of nitrogens with one attached hydrogen (secondary N) is 4. The number of aromatic amines is 1. The number of hydrogen-bond donors (Lipinski definition) is 8. The highest BCUT2D eigenvalue weighted by Gasteiger charge is 2.33. The number of amides is 3. The standard InChI is InChI=1S/C24H43N9O5/c1-5-13(3)18(25)21(35)32-17(10-15-11-28-12-30-15)20(34)33-19(14(4)6-2)22(36)31-16(23(37)38)8-7-9-29-24(26)27/h11-14,16-19H,5-10,25H2,1-4H3,(H,28,30)(H,31,36)(H,32,35)(H,33,34)(H,37,38)(H4,26,27,29). The molecule has 0 fully saturated rings. The van der Waals surface area contributed by atoms with Crippen LogP contribution in [0.2, 0.25) is 0 Å². The number of aliphatic imine (C=N–C) groups is 1. The number of carbonyl (C=O) groups excluding carboxylic acids is 3. The van der Waals surface area contributed by atoms with Gasteiger partial charge in [0.05, 0.1) is 12.4 Å². The van der Waals surface area contributed by atoms with Gasteiger partial charge in [0.2, 0.25) is 17.7 Å². The van der Waals surface area contributed by atoms with Gasteiger partial charge in [-0.25, -0.2) is 9.78 Å². The molecule has 0 spiro atoms. The average Bonchev–Trinajstić information content (AvgIpc) is 3.39. The van der Waals surface area contributed by atoms with E-state index >= 15 is 0 Å². The number of aliphatic carboxylic acids is 1.